The standard InChI is InChI=1S/C13H18BrNO2/c1-3-10(16)7-8-15-13(17)11-5-4-6-12(14)9(11)2/h4-6,10,16H,3,7-8H2,1-2H3,(H,15,17). The number of carbonyl (C=O) groups excluding carboxylic acids is 1. The summed E-state index contributed by atoms with van der Waals surface area (Å²) >= 11 is 3.40. The van der Waals surface area contributed by atoms with Gasteiger partial charge in [-0.15, -0.1) is 0 Å². The van der Waals surface area contributed by atoms with Crippen LogP contribution in [-0.4, -0.2) is 23.7 Å². The third-order valence-electron chi connectivity index (χ3n) is 2.75. The van der Waals surface area contributed by atoms with E-state index < -0.39 is 0 Å². The largest absolute Gasteiger partial charge is 0.393 e. The fourth-order valence-electron chi connectivity index (χ4n) is 1.51. The molecule has 0 aliphatic carbocycles. The molecule has 3 nitrogen and oxygen atoms in total. The molecule has 0 heterocycles. The second-order valence-corrected chi connectivity index (χ2v) is 4.87. The smallest absolute Gasteiger partial charge is 0.251 e. The van der Waals surface area contributed by atoms with Crippen LogP contribution in [0.25, 0.3) is 0 Å². The molecule has 1 aromatic rings. The van der Waals surface area contributed by atoms with Crippen molar-refractivity contribution in [3.8, 4) is 0 Å². The normalized spacial score (nSPS) is 12.2. The van der Waals surface area contributed by atoms with Crippen molar-refractivity contribution in [1.82, 2.24) is 5.32 Å². The second kappa shape index (κ2) is 6.77. The molecule has 0 spiro atoms. The lowest BCUT2D eigenvalue weighted by atomic mass is 10.1. The van der Waals surface area contributed by atoms with Gasteiger partial charge in [0, 0.05) is 16.6 Å². The van der Waals surface area contributed by atoms with Crippen molar-refractivity contribution in [3.63, 3.8) is 0 Å². The fraction of sp³-hybridized carbons (Fsp3) is 0.462. The minimum absolute atomic E-state index is 0.0906. The molecule has 94 valence electrons. The predicted octanol–water partition coefficient (Wildman–Crippen LogP) is 2.65. The zero-order valence-corrected chi connectivity index (χ0v) is 11.8. The van der Waals surface area contributed by atoms with Gasteiger partial charge in [-0.3, -0.25) is 4.79 Å². The van der Waals surface area contributed by atoms with Gasteiger partial charge >= 0.3 is 0 Å². The van der Waals surface area contributed by atoms with E-state index in [2.05, 4.69) is 21.2 Å². The van der Waals surface area contributed by atoms with Gasteiger partial charge in [0.25, 0.3) is 5.91 Å². The molecular formula is C13H18BrNO2. The molecule has 0 fully saturated rings. The van der Waals surface area contributed by atoms with Crippen LogP contribution in [-0.2, 0) is 0 Å². The summed E-state index contributed by atoms with van der Waals surface area (Å²) < 4.78 is 0.929. The molecule has 0 saturated heterocycles. The van der Waals surface area contributed by atoms with Gasteiger partial charge in [0.1, 0.15) is 0 Å². The van der Waals surface area contributed by atoms with Crippen LogP contribution in [0.4, 0.5) is 0 Å². The highest BCUT2D eigenvalue weighted by Crippen LogP contribution is 2.19. The van der Waals surface area contributed by atoms with Crippen LogP contribution in [0.1, 0.15) is 35.7 Å². The summed E-state index contributed by atoms with van der Waals surface area (Å²) in [5.74, 6) is -0.0906. The van der Waals surface area contributed by atoms with Crippen LogP contribution in [0, 0.1) is 6.92 Å². The highest BCUT2D eigenvalue weighted by atomic mass is 79.9. The van der Waals surface area contributed by atoms with Crippen molar-refractivity contribution in [2.45, 2.75) is 32.8 Å². The van der Waals surface area contributed by atoms with Gasteiger partial charge < -0.3 is 10.4 Å². The Morgan fingerprint density at radius 3 is 2.88 bits per heavy atom. The first-order valence-corrected chi connectivity index (χ1v) is 6.57. The van der Waals surface area contributed by atoms with Gasteiger partial charge in [0.05, 0.1) is 6.10 Å². The summed E-state index contributed by atoms with van der Waals surface area (Å²) in [7, 11) is 0. The summed E-state index contributed by atoms with van der Waals surface area (Å²) in [4.78, 5) is 11.9. The van der Waals surface area contributed by atoms with Gasteiger partial charge in [0.15, 0.2) is 0 Å². The minimum Gasteiger partial charge on any atom is -0.393 e. The Kier molecular flexibility index (Phi) is 5.65. The highest BCUT2D eigenvalue weighted by molar-refractivity contribution is 9.10. The van der Waals surface area contributed by atoms with E-state index in [1.54, 1.807) is 6.07 Å². The van der Waals surface area contributed by atoms with Crippen LogP contribution >= 0.6 is 15.9 Å². The number of halogens is 1. The molecule has 1 amide bonds. The highest BCUT2D eigenvalue weighted by Gasteiger charge is 2.10. The zero-order chi connectivity index (χ0) is 12.8. The van der Waals surface area contributed by atoms with Crippen LogP contribution < -0.4 is 5.32 Å². The quantitative estimate of drug-likeness (QED) is 0.878. The van der Waals surface area contributed by atoms with Crippen LogP contribution in [0.2, 0.25) is 0 Å². The lowest BCUT2D eigenvalue weighted by molar-refractivity contribution is 0.0941. The molecule has 17 heavy (non-hydrogen) atoms. The number of amides is 1. The maximum atomic E-state index is 11.9. The summed E-state index contributed by atoms with van der Waals surface area (Å²) in [6.07, 6.45) is 0.972. The van der Waals surface area contributed by atoms with Gasteiger partial charge in [-0.1, -0.05) is 28.9 Å². The van der Waals surface area contributed by atoms with Crippen molar-refractivity contribution >= 4 is 21.8 Å². The number of aliphatic hydroxyl groups excluding tert-OH is 1. The van der Waals surface area contributed by atoms with E-state index in [0.717, 1.165) is 10.0 Å². The SMILES string of the molecule is CCC(O)CCNC(=O)c1cccc(Br)c1C. The lowest BCUT2D eigenvalue weighted by Crippen LogP contribution is -2.27. The Bertz CT molecular complexity index is 393. The Hall–Kier alpha value is -0.870. The molecule has 0 bridgehead atoms. The van der Waals surface area contributed by atoms with Gasteiger partial charge in [-0.25, -0.2) is 0 Å². The van der Waals surface area contributed by atoms with Crippen LogP contribution in [0.5, 0.6) is 0 Å². The van der Waals surface area contributed by atoms with Gasteiger partial charge in [-0.2, -0.15) is 0 Å². The third kappa shape index (κ3) is 4.13. The Morgan fingerprint density at radius 2 is 2.24 bits per heavy atom. The maximum absolute atomic E-state index is 11.9. The van der Waals surface area contributed by atoms with Crippen molar-refractivity contribution in [2.75, 3.05) is 6.54 Å². The lowest BCUT2D eigenvalue weighted by Gasteiger charge is -2.10. The molecule has 1 aromatic carbocycles. The van der Waals surface area contributed by atoms with E-state index in [1.165, 1.54) is 0 Å². The molecule has 1 rings (SSSR count). The number of aliphatic hydroxyl groups is 1. The average molecular weight is 300 g/mol. The van der Waals surface area contributed by atoms with E-state index in [-0.39, 0.29) is 12.0 Å². The molecule has 0 aromatic heterocycles. The van der Waals surface area contributed by atoms with Gasteiger partial charge in [-0.05, 0) is 37.5 Å². The number of benzene rings is 1. The molecule has 4 heteroatoms. The van der Waals surface area contributed by atoms with Crippen molar-refractivity contribution in [2.24, 2.45) is 0 Å². The number of carbonyl (C=O) groups is 1. The molecule has 0 radical (unpaired) electrons. The van der Waals surface area contributed by atoms with E-state index in [0.29, 0.717) is 24.9 Å². The molecule has 0 saturated carbocycles. The summed E-state index contributed by atoms with van der Waals surface area (Å²) in [5.41, 5.74) is 1.60. The van der Waals surface area contributed by atoms with Crippen molar-refractivity contribution in [1.29, 1.82) is 0 Å². The number of hydrogen-bond donors (Lipinski definition) is 2. The number of hydrogen-bond acceptors (Lipinski definition) is 2. The van der Waals surface area contributed by atoms with Gasteiger partial charge in [0.2, 0.25) is 0 Å². The molecule has 0 aliphatic rings. The van der Waals surface area contributed by atoms with E-state index in [4.69, 9.17) is 0 Å². The minimum atomic E-state index is -0.334. The zero-order valence-electron chi connectivity index (χ0n) is 10.2. The number of nitrogens with one attached hydrogen (secondary N) is 1. The Morgan fingerprint density at radius 1 is 1.53 bits per heavy atom. The van der Waals surface area contributed by atoms with Crippen LogP contribution in [0.3, 0.4) is 0 Å². The summed E-state index contributed by atoms with van der Waals surface area (Å²) in [5, 5.41) is 12.2. The van der Waals surface area contributed by atoms with Crippen LogP contribution in [0.15, 0.2) is 22.7 Å². The molecule has 1 unspecified atom stereocenters. The van der Waals surface area contributed by atoms with E-state index in [1.807, 2.05) is 26.0 Å². The molecule has 1 atom stereocenters. The first-order valence-electron chi connectivity index (χ1n) is 5.77. The summed E-state index contributed by atoms with van der Waals surface area (Å²) in [6.45, 7) is 4.32. The topological polar surface area (TPSA) is 49.3 Å². The first-order chi connectivity index (χ1) is 8.06. The summed E-state index contributed by atoms with van der Waals surface area (Å²) in [6, 6.07) is 5.55. The number of rotatable bonds is 5. The second-order valence-electron chi connectivity index (χ2n) is 4.02. The fourth-order valence-corrected chi connectivity index (χ4v) is 1.87. The maximum Gasteiger partial charge on any atom is 0.251 e. The molecular weight excluding hydrogens is 282 g/mol. The average Bonchev–Trinajstić information content (AvgIpc) is 2.32. The predicted molar refractivity (Wildman–Crippen MR) is 72.1 cm³/mol. The van der Waals surface area contributed by atoms with E-state index in [9.17, 15) is 9.90 Å². The van der Waals surface area contributed by atoms with Crippen molar-refractivity contribution < 1.29 is 9.90 Å². The molecule has 2 N–H and O–H groups in total. The van der Waals surface area contributed by atoms with Crippen molar-refractivity contribution in [3.05, 3.63) is 33.8 Å². The Labute approximate surface area is 110 Å². The van der Waals surface area contributed by atoms with E-state index >= 15 is 0 Å². The Balaban J connectivity index is 2.56. The molecule has 0 aliphatic heterocycles. The first kappa shape index (κ1) is 14.2. The third-order valence-corrected chi connectivity index (χ3v) is 3.61. The monoisotopic (exact) mass is 299 g/mol.